The first-order valence-electron chi connectivity index (χ1n) is 10.6. The van der Waals surface area contributed by atoms with Gasteiger partial charge in [0.15, 0.2) is 0 Å². The van der Waals surface area contributed by atoms with E-state index in [0.717, 1.165) is 62.3 Å². The number of amides is 1. The molecule has 1 saturated heterocycles. The SMILES string of the molecule is Cc1ccc(C2(O)CCN(CCCOc3ccc4c(c3)NC(=O)CC4)CC2)cc1. The van der Waals surface area contributed by atoms with Gasteiger partial charge in [-0.25, -0.2) is 0 Å². The lowest BCUT2D eigenvalue weighted by atomic mass is 9.84. The minimum atomic E-state index is -0.700. The minimum Gasteiger partial charge on any atom is -0.493 e. The number of fused-ring (bicyclic) bond motifs is 1. The molecule has 0 radical (unpaired) electrons. The number of carbonyl (C=O) groups is 1. The molecule has 0 unspecified atom stereocenters. The molecule has 2 aliphatic rings. The number of nitrogens with zero attached hydrogens (tertiary/aromatic N) is 1. The first-order chi connectivity index (χ1) is 14.0. The minimum absolute atomic E-state index is 0.0744. The van der Waals surface area contributed by atoms with Crippen LogP contribution in [0, 0.1) is 6.92 Å². The van der Waals surface area contributed by atoms with Crippen molar-refractivity contribution >= 4 is 11.6 Å². The van der Waals surface area contributed by atoms with Gasteiger partial charge in [-0.1, -0.05) is 35.9 Å². The molecule has 2 aliphatic heterocycles. The molecule has 0 aliphatic carbocycles. The van der Waals surface area contributed by atoms with Gasteiger partial charge in [0.25, 0.3) is 0 Å². The highest BCUT2D eigenvalue weighted by Crippen LogP contribution is 2.33. The molecular weight excluding hydrogens is 364 g/mol. The van der Waals surface area contributed by atoms with Gasteiger partial charge in [-0.2, -0.15) is 0 Å². The zero-order chi connectivity index (χ0) is 20.3. The van der Waals surface area contributed by atoms with E-state index in [9.17, 15) is 9.90 Å². The van der Waals surface area contributed by atoms with Gasteiger partial charge in [0.1, 0.15) is 5.75 Å². The van der Waals surface area contributed by atoms with Gasteiger partial charge in [-0.15, -0.1) is 0 Å². The first kappa shape index (κ1) is 19.9. The van der Waals surface area contributed by atoms with Crippen LogP contribution in [0.1, 0.15) is 42.4 Å². The van der Waals surface area contributed by atoms with E-state index in [1.54, 1.807) is 0 Å². The summed E-state index contributed by atoms with van der Waals surface area (Å²) >= 11 is 0. The summed E-state index contributed by atoms with van der Waals surface area (Å²) in [6.07, 6.45) is 3.82. The summed E-state index contributed by atoms with van der Waals surface area (Å²) < 4.78 is 5.89. The van der Waals surface area contributed by atoms with Crippen LogP contribution in [-0.4, -0.2) is 42.2 Å². The van der Waals surface area contributed by atoms with Gasteiger partial charge in [0.05, 0.1) is 12.2 Å². The third-order valence-corrected chi connectivity index (χ3v) is 6.14. The molecule has 2 N–H and O–H groups in total. The topological polar surface area (TPSA) is 61.8 Å². The van der Waals surface area contributed by atoms with Gasteiger partial charge in [-0.3, -0.25) is 4.79 Å². The second-order valence-electron chi connectivity index (χ2n) is 8.31. The maximum absolute atomic E-state index is 11.5. The molecule has 29 heavy (non-hydrogen) atoms. The predicted molar refractivity (Wildman–Crippen MR) is 114 cm³/mol. The number of piperidine rings is 1. The number of aryl methyl sites for hydroxylation is 2. The monoisotopic (exact) mass is 394 g/mol. The van der Waals surface area contributed by atoms with Crippen LogP contribution in [0.25, 0.3) is 0 Å². The fraction of sp³-hybridized carbons (Fsp3) is 0.458. The number of ether oxygens (including phenoxy) is 1. The van der Waals surface area contributed by atoms with Gasteiger partial charge >= 0.3 is 0 Å². The van der Waals surface area contributed by atoms with E-state index in [1.807, 2.05) is 18.2 Å². The van der Waals surface area contributed by atoms with E-state index in [4.69, 9.17) is 4.74 Å². The zero-order valence-corrected chi connectivity index (χ0v) is 17.1. The van der Waals surface area contributed by atoms with Crippen molar-refractivity contribution in [3.05, 3.63) is 59.2 Å². The normalized spacial score (nSPS) is 18.8. The van der Waals surface area contributed by atoms with Crippen molar-refractivity contribution in [2.75, 3.05) is 31.6 Å². The number of benzene rings is 2. The van der Waals surface area contributed by atoms with Gasteiger partial charge < -0.3 is 20.1 Å². The summed E-state index contributed by atoms with van der Waals surface area (Å²) in [6.45, 7) is 5.47. The van der Waals surface area contributed by atoms with Crippen molar-refractivity contribution in [2.45, 2.75) is 44.6 Å². The predicted octanol–water partition coefficient (Wildman–Crippen LogP) is 3.63. The number of hydrogen-bond donors (Lipinski definition) is 2. The van der Waals surface area contributed by atoms with Crippen LogP contribution in [0.15, 0.2) is 42.5 Å². The summed E-state index contributed by atoms with van der Waals surface area (Å²) in [5.74, 6) is 0.878. The average Bonchev–Trinajstić information content (AvgIpc) is 2.72. The molecule has 2 heterocycles. The molecule has 0 bridgehead atoms. The summed E-state index contributed by atoms with van der Waals surface area (Å²) in [5.41, 5.74) is 3.60. The fourth-order valence-corrected chi connectivity index (χ4v) is 4.22. The average molecular weight is 395 g/mol. The Labute approximate surface area is 172 Å². The summed E-state index contributed by atoms with van der Waals surface area (Å²) in [4.78, 5) is 14.0. The number of likely N-dealkylation sites (tertiary alicyclic amines) is 1. The van der Waals surface area contributed by atoms with Crippen LogP contribution in [0.5, 0.6) is 5.75 Å². The number of anilines is 1. The summed E-state index contributed by atoms with van der Waals surface area (Å²) in [7, 11) is 0. The lowest BCUT2D eigenvalue weighted by Crippen LogP contribution is -2.43. The Bertz CT molecular complexity index is 855. The van der Waals surface area contributed by atoms with Gasteiger partial charge in [0, 0.05) is 37.8 Å². The van der Waals surface area contributed by atoms with Crippen LogP contribution >= 0.6 is 0 Å². The Morgan fingerprint density at radius 3 is 2.62 bits per heavy atom. The molecule has 4 rings (SSSR count). The van der Waals surface area contributed by atoms with E-state index in [1.165, 1.54) is 11.1 Å². The van der Waals surface area contributed by atoms with Crippen molar-refractivity contribution < 1.29 is 14.6 Å². The molecule has 1 fully saturated rings. The molecule has 5 nitrogen and oxygen atoms in total. The number of aliphatic hydroxyl groups is 1. The number of hydrogen-bond acceptors (Lipinski definition) is 4. The second-order valence-corrected chi connectivity index (χ2v) is 8.31. The van der Waals surface area contributed by atoms with Crippen LogP contribution < -0.4 is 10.1 Å². The lowest BCUT2D eigenvalue weighted by Gasteiger charge is -2.38. The Balaban J connectivity index is 1.21. The molecule has 0 atom stereocenters. The van der Waals surface area contributed by atoms with Crippen molar-refractivity contribution in [2.24, 2.45) is 0 Å². The molecule has 154 valence electrons. The maximum Gasteiger partial charge on any atom is 0.224 e. The molecule has 2 aromatic carbocycles. The highest BCUT2D eigenvalue weighted by molar-refractivity contribution is 5.94. The molecule has 0 spiro atoms. The van der Waals surface area contributed by atoms with Crippen molar-refractivity contribution in [3.8, 4) is 5.75 Å². The van der Waals surface area contributed by atoms with E-state index >= 15 is 0 Å². The number of carbonyl (C=O) groups excluding carboxylic acids is 1. The zero-order valence-electron chi connectivity index (χ0n) is 17.1. The third-order valence-electron chi connectivity index (χ3n) is 6.14. The highest BCUT2D eigenvalue weighted by Gasteiger charge is 2.33. The van der Waals surface area contributed by atoms with Gasteiger partial charge in [-0.05, 0) is 49.8 Å². The van der Waals surface area contributed by atoms with Crippen LogP contribution in [-0.2, 0) is 16.8 Å². The molecular formula is C24H30N2O3. The van der Waals surface area contributed by atoms with Crippen molar-refractivity contribution in [3.63, 3.8) is 0 Å². The van der Waals surface area contributed by atoms with E-state index < -0.39 is 5.60 Å². The molecule has 2 aromatic rings. The van der Waals surface area contributed by atoms with Crippen LogP contribution in [0.3, 0.4) is 0 Å². The fourth-order valence-electron chi connectivity index (χ4n) is 4.22. The van der Waals surface area contributed by atoms with Crippen molar-refractivity contribution in [1.29, 1.82) is 0 Å². The van der Waals surface area contributed by atoms with Crippen LogP contribution in [0.4, 0.5) is 5.69 Å². The number of rotatable bonds is 6. The Morgan fingerprint density at radius 2 is 1.86 bits per heavy atom. The number of nitrogens with one attached hydrogen (secondary N) is 1. The Morgan fingerprint density at radius 1 is 1.10 bits per heavy atom. The summed E-state index contributed by atoms with van der Waals surface area (Å²) in [5, 5.41) is 13.9. The smallest absolute Gasteiger partial charge is 0.224 e. The first-order valence-corrected chi connectivity index (χ1v) is 10.6. The molecule has 0 saturated carbocycles. The standard InChI is InChI=1S/C24H30N2O3/c1-18-3-7-20(8-4-18)24(28)11-14-26(15-12-24)13-2-16-29-21-9-5-19-6-10-23(27)25-22(19)17-21/h3-5,7-9,17,28H,2,6,10-16H2,1H3,(H,25,27). The maximum atomic E-state index is 11.5. The van der Waals surface area contributed by atoms with E-state index in [2.05, 4.69) is 41.4 Å². The van der Waals surface area contributed by atoms with Gasteiger partial charge in [0.2, 0.25) is 5.91 Å². The largest absolute Gasteiger partial charge is 0.493 e. The molecule has 1 amide bonds. The Kier molecular flexibility index (Phi) is 5.88. The second kappa shape index (κ2) is 8.56. The van der Waals surface area contributed by atoms with E-state index in [0.29, 0.717) is 13.0 Å². The van der Waals surface area contributed by atoms with E-state index in [-0.39, 0.29) is 5.91 Å². The molecule has 5 heteroatoms. The summed E-state index contributed by atoms with van der Waals surface area (Å²) in [6, 6.07) is 14.2. The highest BCUT2D eigenvalue weighted by atomic mass is 16.5. The lowest BCUT2D eigenvalue weighted by molar-refractivity contribution is -0.116. The van der Waals surface area contributed by atoms with Crippen LogP contribution in [0.2, 0.25) is 0 Å². The Hall–Kier alpha value is -2.37. The quantitative estimate of drug-likeness (QED) is 0.735. The molecule has 0 aromatic heterocycles. The third kappa shape index (κ3) is 4.80. The van der Waals surface area contributed by atoms with Crippen molar-refractivity contribution in [1.82, 2.24) is 4.90 Å².